The second-order valence-corrected chi connectivity index (χ2v) is 14.4. The van der Waals surface area contributed by atoms with Crippen LogP contribution in [0.25, 0.3) is 0 Å². The summed E-state index contributed by atoms with van der Waals surface area (Å²) in [5.41, 5.74) is 6.78. The maximum absolute atomic E-state index is 4.03. The molecule has 2 N–H and O–H groups in total. The highest BCUT2D eigenvalue weighted by Crippen LogP contribution is 2.56. The summed E-state index contributed by atoms with van der Waals surface area (Å²) in [4.78, 5) is 0. The van der Waals surface area contributed by atoms with Crippen LogP contribution >= 0.6 is 0 Å². The first-order valence-electron chi connectivity index (χ1n) is 14.3. The lowest BCUT2D eigenvalue weighted by molar-refractivity contribution is 0.0318. The van der Waals surface area contributed by atoms with Gasteiger partial charge in [0, 0.05) is 17.9 Å². The number of hydrogen-bond acceptors (Lipinski definition) is 2. The van der Waals surface area contributed by atoms with Crippen molar-refractivity contribution in [2.24, 2.45) is 33.5 Å². The molecular weight excluding hydrogens is 436 g/mol. The van der Waals surface area contributed by atoms with Gasteiger partial charge < -0.3 is 10.6 Å². The molecule has 0 aromatic rings. The Labute approximate surface area is 223 Å². The lowest BCUT2D eigenvalue weighted by atomic mass is 9.53. The third-order valence-electron chi connectivity index (χ3n) is 9.43. The molecule has 0 saturated heterocycles. The standard InChI is InChI=1S/C34H54N2/c1-11-14-25-21-28-29(34(9,10)18-17-33(28,7)8)23-30(25)36-20-13-19-35-27(12-2)22-26-24-31(3,4)15-16-32(26,5)6/h11-13,20-23,28-29,35-36H,1,14-19,24H2,2-10H3/b20-13+,26-22+,27-12+. The van der Waals surface area contributed by atoms with E-state index in [1.807, 2.05) is 6.08 Å². The SMILES string of the molecule is C=CCC1=CC2C(C=C1N/C=C/CNC(=C/C)/C=C1\CC(C)(C)CCC1(C)C)C(C)(C)CCC2(C)C. The molecule has 36 heavy (non-hydrogen) atoms. The van der Waals surface area contributed by atoms with E-state index >= 15 is 0 Å². The fourth-order valence-electron chi connectivity index (χ4n) is 6.39. The quantitative estimate of drug-likeness (QED) is 0.331. The highest BCUT2D eigenvalue weighted by Gasteiger charge is 2.47. The molecule has 0 heterocycles. The number of fused-ring (bicyclic) bond motifs is 1. The van der Waals surface area contributed by atoms with Crippen molar-refractivity contribution in [3.8, 4) is 0 Å². The summed E-state index contributed by atoms with van der Waals surface area (Å²) in [7, 11) is 0. The Morgan fingerprint density at radius 3 is 2.19 bits per heavy atom. The number of allylic oxidation sites excluding steroid dienone is 7. The van der Waals surface area contributed by atoms with Gasteiger partial charge in [0.25, 0.3) is 0 Å². The fourth-order valence-corrected chi connectivity index (χ4v) is 6.39. The Morgan fingerprint density at radius 1 is 0.944 bits per heavy atom. The van der Waals surface area contributed by atoms with E-state index in [1.54, 1.807) is 5.57 Å². The maximum Gasteiger partial charge on any atom is 0.0374 e. The molecule has 2 nitrogen and oxygen atoms in total. The topological polar surface area (TPSA) is 24.1 Å². The molecule has 2 saturated carbocycles. The van der Waals surface area contributed by atoms with Crippen LogP contribution in [-0.4, -0.2) is 6.54 Å². The molecule has 2 unspecified atom stereocenters. The van der Waals surface area contributed by atoms with Crippen molar-refractivity contribution < 1.29 is 0 Å². The average molecular weight is 491 g/mol. The summed E-state index contributed by atoms with van der Waals surface area (Å²) in [6.07, 6.45) is 23.3. The molecule has 3 aliphatic rings. The van der Waals surface area contributed by atoms with Crippen molar-refractivity contribution >= 4 is 0 Å². The molecular formula is C34H54N2. The molecule has 0 aromatic heterocycles. The Morgan fingerprint density at radius 2 is 1.58 bits per heavy atom. The Bertz CT molecular complexity index is 961. The molecule has 3 rings (SSSR count). The van der Waals surface area contributed by atoms with Gasteiger partial charge >= 0.3 is 0 Å². The van der Waals surface area contributed by atoms with Gasteiger partial charge in [0.15, 0.2) is 0 Å². The van der Waals surface area contributed by atoms with Crippen LogP contribution in [0.5, 0.6) is 0 Å². The van der Waals surface area contributed by atoms with Gasteiger partial charge in [-0.25, -0.2) is 0 Å². The van der Waals surface area contributed by atoms with E-state index < -0.39 is 0 Å². The summed E-state index contributed by atoms with van der Waals surface area (Å²) in [5, 5.41) is 7.27. The zero-order valence-electron chi connectivity index (χ0n) is 24.9. The molecule has 0 aromatic carbocycles. The summed E-state index contributed by atoms with van der Waals surface area (Å²) in [6, 6.07) is 0. The van der Waals surface area contributed by atoms with Crippen molar-refractivity contribution in [3.63, 3.8) is 0 Å². The first-order chi connectivity index (χ1) is 16.7. The van der Waals surface area contributed by atoms with E-state index in [9.17, 15) is 0 Å². The summed E-state index contributed by atoms with van der Waals surface area (Å²) >= 11 is 0. The smallest absolute Gasteiger partial charge is 0.0374 e. The van der Waals surface area contributed by atoms with Gasteiger partial charge in [-0.05, 0) is 103 Å². The van der Waals surface area contributed by atoms with Crippen LogP contribution in [0.3, 0.4) is 0 Å². The predicted molar refractivity (Wildman–Crippen MR) is 158 cm³/mol. The molecule has 0 amide bonds. The summed E-state index contributed by atoms with van der Waals surface area (Å²) < 4.78 is 0. The van der Waals surface area contributed by atoms with Gasteiger partial charge in [0.2, 0.25) is 0 Å². The van der Waals surface area contributed by atoms with Crippen molar-refractivity contribution in [1.82, 2.24) is 10.6 Å². The molecule has 0 radical (unpaired) electrons. The second kappa shape index (κ2) is 10.8. The number of hydrogen-bond donors (Lipinski definition) is 2. The van der Waals surface area contributed by atoms with Gasteiger partial charge in [-0.2, -0.15) is 0 Å². The highest BCUT2D eigenvalue weighted by molar-refractivity contribution is 5.39. The van der Waals surface area contributed by atoms with E-state index in [-0.39, 0.29) is 5.41 Å². The third-order valence-corrected chi connectivity index (χ3v) is 9.43. The molecule has 2 fully saturated rings. The van der Waals surface area contributed by atoms with E-state index in [4.69, 9.17) is 0 Å². The second-order valence-electron chi connectivity index (χ2n) is 14.4. The highest BCUT2D eigenvalue weighted by atomic mass is 14.9. The Hall–Kier alpha value is -1.96. The maximum atomic E-state index is 4.03. The molecule has 2 heteroatoms. The van der Waals surface area contributed by atoms with Crippen molar-refractivity contribution in [2.75, 3.05) is 6.54 Å². The lowest BCUT2D eigenvalue weighted by Crippen LogP contribution is -2.44. The Balaban J connectivity index is 1.66. The predicted octanol–water partition coefficient (Wildman–Crippen LogP) is 9.22. The van der Waals surface area contributed by atoms with Crippen LogP contribution in [0.4, 0.5) is 0 Å². The van der Waals surface area contributed by atoms with Crippen molar-refractivity contribution in [3.05, 3.63) is 71.8 Å². The van der Waals surface area contributed by atoms with Crippen LogP contribution in [-0.2, 0) is 0 Å². The van der Waals surface area contributed by atoms with E-state index in [1.165, 1.54) is 49.1 Å². The zero-order chi connectivity index (χ0) is 26.8. The first kappa shape index (κ1) is 28.6. The minimum absolute atomic E-state index is 0.281. The van der Waals surface area contributed by atoms with Crippen molar-refractivity contribution in [1.29, 1.82) is 0 Å². The minimum atomic E-state index is 0.281. The Kier molecular flexibility index (Phi) is 8.58. The molecule has 2 atom stereocenters. The number of rotatable bonds is 8. The van der Waals surface area contributed by atoms with Crippen molar-refractivity contribution in [2.45, 2.75) is 101 Å². The van der Waals surface area contributed by atoms with Gasteiger partial charge in [-0.1, -0.05) is 85.3 Å². The fraction of sp³-hybridized carbons (Fsp3) is 0.647. The van der Waals surface area contributed by atoms with Crippen LogP contribution in [0, 0.1) is 33.5 Å². The zero-order valence-corrected chi connectivity index (χ0v) is 24.9. The lowest BCUT2D eigenvalue weighted by Gasteiger charge is -2.52. The van der Waals surface area contributed by atoms with Crippen LogP contribution in [0.2, 0.25) is 0 Å². The molecule has 0 spiro atoms. The number of nitrogens with one attached hydrogen (secondary N) is 2. The summed E-state index contributed by atoms with van der Waals surface area (Å²) in [5.74, 6) is 1.15. The van der Waals surface area contributed by atoms with E-state index in [2.05, 4.69) is 116 Å². The molecule has 0 aliphatic heterocycles. The van der Waals surface area contributed by atoms with Crippen LogP contribution in [0.1, 0.15) is 101 Å². The average Bonchev–Trinajstić information content (AvgIpc) is 2.79. The van der Waals surface area contributed by atoms with Gasteiger partial charge in [-0.3, -0.25) is 0 Å². The summed E-state index contributed by atoms with van der Waals surface area (Å²) in [6.45, 7) is 26.4. The van der Waals surface area contributed by atoms with Gasteiger partial charge in [-0.15, -0.1) is 6.58 Å². The normalized spacial score (nSPS) is 29.8. The van der Waals surface area contributed by atoms with E-state index in [0.29, 0.717) is 28.1 Å². The van der Waals surface area contributed by atoms with Crippen LogP contribution < -0.4 is 10.6 Å². The minimum Gasteiger partial charge on any atom is -0.382 e. The monoisotopic (exact) mass is 490 g/mol. The molecule has 3 aliphatic carbocycles. The molecule has 200 valence electrons. The molecule has 0 bridgehead atoms. The van der Waals surface area contributed by atoms with Gasteiger partial charge in [0.05, 0.1) is 0 Å². The van der Waals surface area contributed by atoms with E-state index in [0.717, 1.165) is 13.0 Å². The third kappa shape index (κ3) is 6.67. The van der Waals surface area contributed by atoms with Gasteiger partial charge in [0.1, 0.15) is 0 Å². The first-order valence-corrected chi connectivity index (χ1v) is 14.3. The van der Waals surface area contributed by atoms with Crippen LogP contribution in [0.15, 0.2) is 71.8 Å². The largest absolute Gasteiger partial charge is 0.382 e.